The van der Waals surface area contributed by atoms with Crippen LogP contribution in [0.25, 0.3) is 0 Å². The molecule has 0 aromatic heterocycles. The van der Waals surface area contributed by atoms with E-state index in [1.165, 1.54) is 11.1 Å². The molecule has 0 N–H and O–H groups in total. The molecule has 0 heterocycles. The molecule has 1 aromatic carbocycles. The van der Waals surface area contributed by atoms with Gasteiger partial charge in [0.25, 0.3) is 0 Å². The average Bonchev–Trinajstić information content (AvgIpc) is 2.27. The third kappa shape index (κ3) is 3.08. The van der Waals surface area contributed by atoms with E-state index in [2.05, 4.69) is 42.2 Å². The van der Waals surface area contributed by atoms with Gasteiger partial charge in [-0.05, 0) is 45.4 Å². The molecule has 0 unspecified atom stereocenters. The first-order valence-corrected chi connectivity index (χ1v) is 5.64. The number of hydrogen-bond acceptors (Lipinski definition) is 2. The van der Waals surface area contributed by atoms with Gasteiger partial charge in [0, 0.05) is 6.54 Å². The van der Waals surface area contributed by atoms with Crippen molar-refractivity contribution in [1.29, 1.82) is 5.26 Å². The van der Waals surface area contributed by atoms with Gasteiger partial charge < -0.3 is 0 Å². The van der Waals surface area contributed by atoms with Crippen LogP contribution in [0.5, 0.6) is 0 Å². The fourth-order valence-electron chi connectivity index (χ4n) is 1.54. The maximum Gasteiger partial charge on any atom is 0.103 e. The highest BCUT2D eigenvalue weighted by Gasteiger charge is 2.22. The van der Waals surface area contributed by atoms with Gasteiger partial charge in [-0.1, -0.05) is 24.3 Å². The summed E-state index contributed by atoms with van der Waals surface area (Å²) in [5.41, 5.74) is 2.30. The molecule has 86 valence electrons. The first-order valence-electron chi connectivity index (χ1n) is 5.64. The summed E-state index contributed by atoms with van der Waals surface area (Å²) in [5.74, 6) is 0. The first kappa shape index (κ1) is 12.7. The van der Waals surface area contributed by atoms with E-state index in [4.69, 9.17) is 5.26 Å². The SMILES string of the molecule is Cc1ccccc1CCN(C)C(C)(C)C#N. The maximum absolute atomic E-state index is 9.02. The van der Waals surface area contributed by atoms with Gasteiger partial charge in [0.05, 0.1) is 6.07 Å². The van der Waals surface area contributed by atoms with Crippen LogP contribution in [0.4, 0.5) is 0 Å². The van der Waals surface area contributed by atoms with Crippen molar-refractivity contribution < 1.29 is 0 Å². The van der Waals surface area contributed by atoms with Crippen molar-refractivity contribution in [2.45, 2.75) is 32.7 Å². The zero-order chi connectivity index (χ0) is 12.2. The predicted molar refractivity (Wildman–Crippen MR) is 67.2 cm³/mol. The molecule has 1 rings (SSSR count). The molecule has 0 fully saturated rings. The molecule has 0 saturated carbocycles. The summed E-state index contributed by atoms with van der Waals surface area (Å²) in [4.78, 5) is 2.10. The van der Waals surface area contributed by atoms with Gasteiger partial charge in [-0.3, -0.25) is 4.90 Å². The lowest BCUT2D eigenvalue weighted by Crippen LogP contribution is -2.40. The molecule has 0 amide bonds. The Morgan fingerprint density at radius 1 is 1.31 bits per heavy atom. The summed E-state index contributed by atoms with van der Waals surface area (Å²) in [6.07, 6.45) is 0.994. The van der Waals surface area contributed by atoms with E-state index in [0.29, 0.717) is 0 Å². The van der Waals surface area contributed by atoms with Gasteiger partial charge in [0.2, 0.25) is 0 Å². The second-order valence-electron chi connectivity index (χ2n) is 4.77. The van der Waals surface area contributed by atoms with Crippen molar-refractivity contribution in [2.24, 2.45) is 0 Å². The number of likely N-dealkylation sites (N-methyl/N-ethyl adjacent to an activating group) is 1. The Hall–Kier alpha value is -1.33. The van der Waals surface area contributed by atoms with E-state index in [9.17, 15) is 0 Å². The third-order valence-electron chi connectivity index (χ3n) is 3.21. The Kier molecular flexibility index (Phi) is 4.09. The van der Waals surface area contributed by atoms with E-state index >= 15 is 0 Å². The largest absolute Gasteiger partial charge is 0.289 e. The van der Waals surface area contributed by atoms with Crippen molar-refractivity contribution in [3.05, 3.63) is 35.4 Å². The van der Waals surface area contributed by atoms with Crippen molar-refractivity contribution in [1.82, 2.24) is 4.90 Å². The monoisotopic (exact) mass is 216 g/mol. The number of nitrogens with zero attached hydrogens (tertiary/aromatic N) is 2. The summed E-state index contributed by atoms with van der Waals surface area (Å²) in [5, 5.41) is 9.02. The molecular weight excluding hydrogens is 196 g/mol. The highest BCUT2D eigenvalue weighted by atomic mass is 15.2. The van der Waals surface area contributed by atoms with Crippen LogP contribution in [0.15, 0.2) is 24.3 Å². The fourth-order valence-corrected chi connectivity index (χ4v) is 1.54. The Bertz CT molecular complexity index is 388. The molecule has 0 spiro atoms. The molecule has 0 atom stereocenters. The maximum atomic E-state index is 9.02. The van der Waals surface area contributed by atoms with Gasteiger partial charge in [0.15, 0.2) is 0 Å². The predicted octanol–water partition coefficient (Wildman–Crippen LogP) is 2.77. The van der Waals surface area contributed by atoms with Crippen LogP contribution in [0, 0.1) is 18.3 Å². The number of rotatable bonds is 4. The minimum Gasteiger partial charge on any atom is -0.289 e. The molecule has 0 aliphatic rings. The van der Waals surface area contributed by atoms with Crippen LogP contribution in [0.1, 0.15) is 25.0 Å². The van der Waals surface area contributed by atoms with Crippen LogP contribution in [0.2, 0.25) is 0 Å². The van der Waals surface area contributed by atoms with Gasteiger partial charge >= 0.3 is 0 Å². The van der Waals surface area contributed by atoms with E-state index in [0.717, 1.165) is 13.0 Å². The summed E-state index contributed by atoms with van der Waals surface area (Å²) >= 11 is 0. The molecule has 0 aliphatic heterocycles. The minimum atomic E-state index is -0.386. The summed E-state index contributed by atoms with van der Waals surface area (Å²) in [7, 11) is 2.00. The number of nitriles is 1. The van der Waals surface area contributed by atoms with Gasteiger partial charge in [-0.25, -0.2) is 0 Å². The van der Waals surface area contributed by atoms with Crippen LogP contribution < -0.4 is 0 Å². The lowest BCUT2D eigenvalue weighted by Gasteiger charge is -2.29. The molecule has 1 aromatic rings. The Morgan fingerprint density at radius 3 is 2.50 bits per heavy atom. The number of benzene rings is 1. The Morgan fingerprint density at radius 2 is 1.94 bits per heavy atom. The topological polar surface area (TPSA) is 27.0 Å². The van der Waals surface area contributed by atoms with Gasteiger partial charge in [0.1, 0.15) is 5.54 Å². The molecule has 0 radical (unpaired) electrons. The van der Waals surface area contributed by atoms with Crippen molar-refractivity contribution >= 4 is 0 Å². The zero-order valence-corrected chi connectivity index (χ0v) is 10.6. The van der Waals surface area contributed by atoms with Gasteiger partial charge in [-0.15, -0.1) is 0 Å². The molecule has 0 aliphatic carbocycles. The fraction of sp³-hybridized carbons (Fsp3) is 0.500. The zero-order valence-electron chi connectivity index (χ0n) is 10.6. The second kappa shape index (κ2) is 5.14. The van der Waals surface area contributed by atoms with Crippen molar-refractivity contribution in [3.8, 4) is 6.07 Å². The molecule has 16 heavy (non-hydrogen) atoms. The number of aryl methyl sites for hydroxylation is 1. The lowest BCUT2D eigenvalue weighted by atomic mass is 10.0. The van der Waals surface area contributed by atoms with Crippen LogP contribution in [-0.2, 0) is 6.42 Å². The molecular formula is C14H20N2. The molecule has 0 saturated heterocycles. The van der Waals surface area contributed by atoms with Crippen LogP contribution >= 0.6 is 0 Å². The molecule has 2 heteroatoms. The first-order chi connectivity index (χ1) is 7.47. The standard InChI is InChI=1S/C14H20N2/c1-12-7-5-6-8-13(12)9-10-16(4)14(2,3)11-15/h5-8H,9-10H2,1-4H3. The highest BCUT2D eigenvalue weighted by molar-refractivity contribution is 5.25. The lowest BCUT2D eigenvalue weighted by molar-refractivity contribution is 0.214. The summed E-state index contributed by atoms with van der Waals surface area (Å²) in [6, 6.07) is 10.7. The molecule has 2 nitrogen and oxygen atoms in total. The van der Waals surface area contributed by atoms with Crippen molar-refractivity contribution in [3.63, 3.8) is 0 Å². The van der Waals surface area contributed by atoms with Crippen LogP contribution in [-0.4, -0.2) is 24.0 Å². The van der Waals surface area contributed by atoms with E-state index in [-0.39, 0.29) is 5.54 Å². The average molecular weight is 216 g/mol. The van der Waals surface area contributed by atoms with Crippen LogP contribution in [0.3, 0.4) is 0 Å². The molecule has 0 bridgehead atoms. The van der Waals surface area contributed by atoms with E-state index in [1.807, 2.05) is 20.9 Å². The van der Waals surface area contributed by atoms with Gasteiger partial charge in [-0.2, -0.15) is 5.26 Å². The number of hydrogen-bond donors (Lipinski definition) is 0. The highest BCUT2D eigenvalue weighted by Crippen LogP contribution is 2.13. The van der Waals surface area contributed by atoms with E-state index < -0.39 is 0 Å². The third-order valence-corrected chi connectivity index (χ3v) is 3.21. The quantitative estimate of drug-likeness (QED) is 0.774. The second-order valence-corrected chi connectivity index (χ2v) is 4.77. The Balaban J connectivity index is 2.60. The minimum absolute atomic E-state index is 0.386. The van der Waals surface area contributed by atoms with Crippen molar-refractivity contribution in [2.75, 3.05) is 13.6 Å². The summed E-state index contributed by atoms with van der Waals surface area (Å²) < 4.78 is 0. The smallest absolute Gasteiger partial charge is 0.103 e. The normalized spacial score (nSPS) is 11.5. The summed E-state index contributed by atoms with van der Waals surface area (Å²) in [6.45, 7) is 6.94. The Labute approximate surface area is 98.5 Å². The van der Waals surface area contributed by atoms with E-state index in [1.54, 1.807) is 0 Å².